The summed E-state index contributed by atoms with van der Waals surface area (Å²) >= 11 is 1.03. The number of hydrogen-bond donors (Lipinski definition) is 2. The number of quaternary nitrogens is 1. The van der Waals surface area contributed by atoms with E-state index >= 15 is 0 Å². The van der Waals surface area contributed by atoms with E-state index in [0.717, 1.165) is 37.3 Å². The van der Waals surface area contributed by atoms with Gasteiger partial charge in [-0.25, -0.2) is 9.59 Å². The highest BCUT2D eigenvalue weighted by atomic mass is 32.1. The molecule has 1 amide bonds. The van der Waals surface area contributed by atoms with E-state index in [9.17, 15) is 14.4 Å². The molecule has 1 saturated heterocycles. The molecule has 2 N–H and O–H groups in total. The lowest BCUT2D eigenvalue weighted by molar-refractivity contribution is -0.878. The Kier molecular flexibility index (Phi) is 5.73. The summed E-state index contributed by atoms with van der Waals surface area (Å²) in [5.41, 5.74) is 0.667. The number of rotatable bonds is 5. The second kappa shape index (κ2) is 7.56. The summed E-state index contributed by atoms with van der Waals surface area (Å²) < 4.78 is 9.47. The number of hydrogen-bond acceptors (Lipinski definition) is 6. The molecular weight excluding hydrogens is 320 g/mol. The van der Waals surface area contributed by atoms with E-state index in [1.165, 1.54) is 19.1 Å². The minimum Gasteiger partial charge on any atom is -0.465 e. The Bertz CT molecular complexity index is 620. The van der Waals surface area contributed by atoms with Crippen LogP contribution < -0.4 is 10.2 Å². The molecular formula is C15H21N2O5S+. The van der Waals surface area contributed by atoms with Crippen molar-refractivity contribution in [1.29, 1.82) is 0 Å². The van der Waals surface area contributed by atoms with Gasteiger partial charge in [0.15, 0.2) is 6.54 Å². The lowest BCUT2D eigenvalue weighted by Crippen LogP contribution is -3.11. The van der Waals surface area contributed by atoms with Gasteiger partial charge in [-0.05, 0) is 12.5 Å². The van der Waals surface area contributed by atoms with Crippen molar-refractivity contribution in [3.63, 3.8) is 0 Å². The number of carbonyl (C=O) groups excluding carboxylic acids is 3. The van der Waals surface area contributed by atoms with Crippen molar-refractivity contribution in [1.82, 2.24) is 0 Å². The third-order valence-electron chi connectivity index (χ3n) is 3.88. The van der Waals surface area contributed by atoms with Gasteiger partial charge in [-0.3, -0.25) is 4.79 Å². The molecule has 1 aromatic heterocycles. The molecule has 126 valence electrons. The molecule has 0 bridgehead atoms. The van der Waals surface area contributed by atoms with Gasteiger partial charge >= 0.3 is 11.9 Å². The van der Waals surface area contributed by atoms with E-state index < -0.39 is 11.9 Å². The standard InChI is InChI=1S/C15H20N2O5S/c1-9-11(14(19)21-2)13(23-12(9)15(20)22-3)16-10(18)8-17-6-4-5-7-17/h4-8H2,1-3H3,(H,16,18)/p+1. The van der Waals surface area contributed by atoms with Gasteiger partial charge in [0.25, 0.3) is 5.91 Å². The zero-order chi connectivity index (χ0) is 17.0. The molecule has 1 fully saturated rings. The van der Waals surface area contributed by atoms with E-state index in [1.807, 2.05) is 0 Å². The molecule has 0 radical (unpaired) electrons. The van der Waals surface area contributed by atoms with Gasteiger partial charge in [-0.2, -0.15) is 0 Å². The summed E-state index contributed by atoms with van der Waals surface area (Å²) in [5.74, 6) is -1.30. The summed E-state index contributed by atoms with van der Waals surface area (Å²) in [4.78, 5) is 37.5. The van der Waals surface area contributed by atoms with Gasteiger partial charge in [0.1, 0.15) is 9.88 Å². The maximum absolute atomic E-state index is 12.2. The maximum Gasteiger partial charge on any atom is 0.348 e. The molecule has 0 aliphatic carbocycles. The Balaban J connectivity index is 2.23. The summed E-state index contributed by atoms with van der Waals surface area (Å²) in [6, 6.07) is 0. The number of carbonyl (C=O) groups is 3. The molecule has 2 rings (SSSR count). The normalized spacial score (nSPS) is 14.6. The first-order valence-electron chi connectivity index (χ1n) is 7.41. The van der Waals surface area contributed by atoms with E-state index in [2.05, 4.69) is 5.32 Å². The van der Waals surface area contributed by atoms with Gasteiger partial charge in [-0.1, -0.05) is 0 Å². The van der Waals surface area contributed by atoms with Gasteiger partial charge in [-0.15, -0.1) is 11.3 Å². The van der Waals surface area contributed by atoms with Crippen LogP contribution in [0.2, 0.25) is 0 Å². The van der Waals surface area contributed by atoms with Crippen LogP contribution >= 0.6 is 11.3 Å². The predicted molar refractivity (Wildman–Crippen MR) is 85.2 cm³/mol. The number of likely N-dealkylation sites (tertiary alicyclic amines) is 1. The number of thiophene rings is 1. The van der Waals surface area contributed by atoms with Crippen molar-refractivity contribution in [2.45, 2.75) is 19.8 Å². The van der Waals surface area contributed by atoms with E-state index in [-0.39, 0.29) is 16.3 Å². The minimum atomic E-state index is -0.585. The van der Waals surface area contributed by atoms with Crippen LogP contribution in [-0.2, 0) is 14.3 Å². The van der Waals surface area contributed by atoms with Crippen LogP contribution in [0.5, 0.6) is 0 Å². The smallest absolute Gasteiger partial charge is 0.348 e. The fourth-order valence-corrected chi connectivity index (χ4v) is 3.82. The lowest BCUT2D eigenvalue weighted by Gasteiger charge is -2.11. The van der Waals surface area contributed by atoms with Crippen LogP contribution in [0, 0.1) is 6.92 Å². The van der Waals surface area contributed by atoms with Crippen LogP contribution in [0.4, 0.5) is 5.00 Å². The van der Waals surface area contributed by atoms with Crippen molar-refractivity contribution in [3.8, 4) is 0 Å². The van der Waals surface area contributed by atoms with Crippen molar-refractivity contribution < 1.29 is 28.8 Å². The molecule has 7 nitrogen and oxygen atoms in total. The fraction of sp³-hybridized carbons (Fsp3) is 0.533. The van der Waals surface area contributed by atoms with E-state index in [1.54, 1.807) is 6.92 Å². The molecule has 0 saturated carbocycles. The molecule has 0 aromatic carbocycles. The Hall–Kier alpha value is -1.93. The highest BCUT2D eigenvalue weighted by Crippen LogP contribution is 2.34. The first-order chi connectivity index (χ1) is 11.0. The van der Waals surface area contributed by atoms with E-state index in [0.29, 0.717) is 17.1 Å². The van der Waals surface area contributed by atoms with Crippen molar-refractivity contribution >= 4 is 34.2 Å². The number of nitrogens with one attached hydrogen (secondary N) is 2. The first-order valence-corrected chi connectivity index (χ1v) is 8.23. The Morgan fingerprint density at radius 2 is 1.74 bits per heavy atom. The summed E-state index contributed by atoms with van der Waals surface area (Å²) in [6.07, 6.45) is 2.25. The highest BCUT2D eigenvalue weighted by molar-refractivity contribution is 7.18. The minimum absolute atomic E-state index is 0.176. The molecule has 1 aliphatic rings. The number of esters is 2. The van der Waals surface area contributed by atoms with Gasteiger partial charge in [0, 0.05) is 12.8 Å². The van der Waals surface area contributed by atoms with Crippen molar-refractivity contribution in [3.05, 3.63) is 16.0 Å². The van der Waals surface area contributed by atoms with Gasteiger partial charge < -0.3 is 19.7 Å². The second-order valence-corrected chi connectivity index (χ2v) is 6.45. The topological polar surface area (TPSA) is 86.1 Å². The number of methoxy groups -OCH3 is 2. The maximum atomic E-state index is 12.2. The number of ether oxygens (including phenoxy) is 2. The predicted octanol–water partition coefficient (Wildman–Crippen LogP) is 0.247. The first kappa shape index (κ1) is 17.4. The fourth-order valence-electron chi connectivity index (χ4n) is 2.69. The Labute approximate surface area is 138 Å². The van der Waals surface area contributed by atoms with Crippen LogP contribution in [0.3, 0.4) is 0 Å². The number of amides is 1. The molecule has 0 spiro atoms. The van der Waals surface area contributed by atoms with Crippen LogP contribution in [0.1, 0.15) is 38.4 Å². The van der Waals surface area contributed by atoms with Crippen LogP contribution in [0.25, 0.3) is 0 Å². The van der Waals surface area contributed by atoms with E-state index in [4.69, 9.17) is 9.47 Å². The zero-order valence-corrected chi connectivity index (χ0v) is 14.3. The SMILES string of the molecule is COC(=O)c1sc(NC(=O)C[NH+]2CCCC2)c(C(=O)OC)c1C. The molecule has 0 atom stereocenters. The zero-order valence-electron chi connectivity index (χ0n) is 13.5. The molecule has 1 aliphatic heterocycles. The average Bonchev–Trinajstić information content (AvgIpc) is 3.14. The molecule has 23 heavy (non-hydrogen) atoms. The average molecular weight is 341 g/mol. The van der Waals surface area contributed by atoms with Gasteiger partial charge in [0.05, 0.1) is 32.9 Å². The summed E-state index contributed by atoms with van der Waals surface area (Å²) in [7, 11) is 2.53. The van der Waals surface area contributed by atoms with Crippen molar-refractivity contribution in [2.75, 3.05) is 39.2 Å². The molecule has 2 heterocycles. The third kappa shape index (κ3) is 3.89. The van der Waals surface area contributed by atoms with Crippen LogP contribution in [-0.4, -0.2) is 51.7 Å². The third-order valence-corrected chi connectivity index (χ3v) is 5.07. The number of anilines is 1. The second-order valence-electron chi connectivity index (χ2n) is 5.43. The van der Waals surface area contributed by atoms with Crippen LogP contribution in [0.15, 0.2) is 0 Å². The Morgan fingerprint density at radius 1 is 1.13 bits per heavy atom. The molecule has 8 heteroatoms. The van der Waals surface area contributed by atoms with Crippen molar-refractivity contribution in [2.24, 2.45) is 0 Å². The molecule has 1 aromatic rings. The van der Waals surface area contributed by atoms with Gasteiger partial charge in [0.2, 0.25) is 0 Å². The quantitative estimate of drug-likeness (QED) is 0.750. The summed E-state index contributed by atoms with van der Waals surface area (Å²) in [5, 5.41) is 3.07. The monoisotopic (exact) mass is 341 g/mol. The highest BCUT2D eigenvalue weighted by Gasteiger charge is 2.27. The lowest BCUT2D eigenvalue weighted by atomic mass is 10.1. The molecule has 0 unspecified atom stereocenters. The summed E-state index contributed by atoms with van der Waals surface area (Å²) in [6.45, 7) is 3.95. The Morgan fingerprint density at radius 3 is 2.30 bits per heavy atom. The largest absolute Gasteiger partial charge is 0.465 e.